The van der Waals surface area contributed by atoms with E-state index in [4.69, 9.17) is 11.6 Å². The van der Waals surface area contributed by atoms with E-state index < -0.39 is 0 Å². The zero-order valence-corrected chi connectivity index (χ0v) is 15.8. The van der Waals surface area contributed by atoms with Crippen LogP contribution in [0.25, 0.3) is 0 Å². The summed E-state index contributed by atoms with van der Waals surface area (Å²) in [5, 5.41) is 6.08. The Balaban J connectivity index is 1.38. The number of hydrogen-bond donors (Lipinski definition) is 2. The molecule has 2 aromatic rings. The molecule has 0 unspecified atom stereocenters. The number of nitrogens with zero attached hydrogens (tertiary/aromatic N) is 2. The maximum absolute atomic E-state index is 12.3. The number of carbonyl (C=O) groups excluding carboxylic acids is 2. The minimum absolute atomic E-state index is 0.00219. The maximum Gasteiger partial charge on any atom is 0.315 e. The largest absolute Gasteiger partial charge is 0.368 e. The molecule has 27 heavy (non-hydrogen) atoms. The molecule has 0 saturated carbocycles. The molecule has 0 aliphatic carbocycles. The summed E-state index contributed by atoms with van der Waals surface area (Å²) in [5.74, 6) is -0.0735. The van der Waals surface area contributed by atoms with Crippen LogP contribution in [0.5, 0.6) is 0 Å². The van der Waals surface area contributed by atoms with E-state index in [1.54, 1.807) is 4.90 Å². The Kier molecular flexibility index (Phi) is 6.54. The molecule has 1 saturated heterocycles. The van der Waals surface area contributed by atoms with Gasteiger partial charge in [-0.15, -0.1) is 0 Å². The van der Waals surface area contributed by atoms with Crippen molar-refractivity contribution in [2.45, 2.75) is 6.54 Å². The second kappa shape index (κ2) is 9.28. The van der Waals surface area contributed by atoms with Crippen LogP contribution in [0.2, 0.25) is 5.02 Å². The number of urea groups is 1. The van der Waals surface area contributed by atoms with Gasteiger partial charge in [0.05, 0.1) is 6.54 Å². The Labute approximate surface area is 164 Å². The van der Waals surface area contributed by atoms with Crippen molar-refractivity contribution in [3.63, 3.8) is 0 Å². The Morgan fingerprint density at radius 3 is 2.37 bits per heavy atom. The third-order valence-electron chi connectivity index (χ3n) is 4.50. The van der Waals surface area contributed by atoms with Crippen LogP contribution in [-0.4, -0.2) is 49.6 Å². The summed E-state index contributed by atoms with van der Waals surface area (Å²) in [4.78, 5) is 28.2. The highest BCUT2D eigenvalue weighted by Gasteiger charge is 2.21. The molecule has 6 nitrogen and oxygen atoms in total. The summed E-state index contributed by atoms with van der Waals surface area (Å²) >= 11 is 6.04. The lowest BCUT2D eigenvalue weighted by Gasteiger charge is -2.36. The molecule has 3 amide bonds. The molecule has 0 aromatic heterocycles. The highest BCUT2D eigenvalue weighted by molar-refractivity contribution is 6.30. The molecule has 142 valence electrons. The fourth-order valence-corrected chi connectivity index (χ4v) is 3.18. The molecule has 0 atom stereocenters. The standard InChI is InChI=1S/C20H23ClN4O2/c21-17-7-4-8-18(13-17)24-9-11-25(12-10-24)19(26)15-23-20(27)22-14-16-5-2-1-3-6-16/h1-8,13H,9-12,14-15H2,(H2,22,23,27). The van der Waals surface area contributed by atoms with E-state index in [-0.39, 0.29) is 18.5 Å². The van der Waals surface area contributed by atoms with Crippen LogP contribution in [0.3, 0.4) is 0 Å². The lowest BCUT2D eigenvalue weighted by molar-refractivity contribution is -0.130. The number of halogens is 1. The first-order valence-electron chi connectivity index (χ1n) is 8.96. The molecule has 7 heteroatoms. The normalized spacial score (nSPS) is 14.0. The molecule has 0 radical (unpaired) electrons. The van der Waals surface area contributed by atoms with Gasteiger partial charge in [-0.25, -0.2) is 4.79 Å². The van der Waals surface area contributed by atoms with Gasteiger partial charge in [-0.2, -0.15) is 0 Å². The average Bonchev–Trinajstić information content (AvgIpc) is 2.71. The van der Waals surface area contributed by atoms with Gasteiger partial charge in [-0.1, -0.05) is 48.0 Å². The minimum atomic E-state index is -0.343. The van der Waals surface area contributed by atoms with Crippen molar-refractivity contribution in [2.75, 3.05) is 37.6 Å². The van der Waals surface area contributed by atoms with Crippen LogP contribution in [0.4, 0.5) is 10.5 Å². The Hall–Kier alpha value is -2.73. The number of benzene rings is 2. The van der Waals surface area contributed by atoms with Gasteiger partial charge in [0, 0.05) is 43.4 Å². The lowest BCUT2D eigenvalue weighted by Crippen LogP contribution is -2.52. The second-order valence-corrected chi connectivity index (χ2v) is 6.81. The van der Waals surface area contributed by atoms with Crippen LogP contribution >= 0.6 is 11.6 Å². The third kappa shape index (κ3) is 5.62. The number of anilines is 1. The number of hydrogen-bond acceptors (Lipinski definition) is 3. The molecule has 1 aliphatic heterocycles. The van der Waals surface area contributed by atoms with Crippen molar-refractivity contribution >= 4 is 29.2 Å². The van der Waals surface area contributed by atoms with Crippen molar-refractivity contribution in [3.8, 4) is 0 Å². The second-order valence-electron chi connectivity index (χ2n) is 6.37. The van der Waals surface area contributed by atoms with Gasteiger partial charge < -0.3 is 20.4 Å². The predicted molar refractivity (Wildman–Crippen MR) is 107 cm³/mol. The number of nitrogens with one attached hydrogen (secondary N) is 2. The van der Waals surface area contributed by atoms with Crippen LogP contribution in [0, 0.1) is 0 Å². The molecule has 2 N–H and O–H groups in total. The maximum atomic E-state index is 12.3. The zero-order chi connectivity index (χ0) is 19.1. The molecule has 2 aromatic carbocycles. The van der Waals surface area contributed by atoms with Gasteiger partial charge in [0.25, 0.3) is 0 Å². The van der Waals surface area contributed by atoms with E-state index in [9.17, 15) is 9.59 Å². The summed E-state index contributed by atoms with van der Waals surface area (Å²) in [5.41, 5.74) is 2.07. The van der Waals surface area contributed by atoms with Crippen molar-refractivity contribution in [1.82, 2.24) is 15.5 Å². The Morgan fingerprint density at radius 2 is 1.67 bits per heavy atom. The predicted octanol–water partition coefficient (Wildman–Crippen LogP) is 2.49. The SMILES string of the molecule is O=C(NCC(=O)N1CCN(c2cccc(Cl)c2)CC1)NCc1ccccc1. The van der Waals surface area contributed by atoms with E-state index in [1.165, 1.54) is 0 Å². The van der Waals surface area contributed by atoms with Crippen LogP contribution in [0.15, 0.2) is 54.6 Å². The van der Waals surface area contributed by atoms with E-state index in [0.29, 0.717) is 24.7 Å². The van der Waals surface area contributed by atoms with Gasteiger partial charge >= 0.3 is 6.03 Å². The van der Waals surface area contributed by atoms with Gasteiger partial charge in [-0.05, 0) is 23.8 Å². The summed E-state index contributed by atoms with van der Waals surface area (Å²) in [6.07, 6.45) is 0. The molecule has 3 rings (SSSR count). The average molecular weight is 387 g/mol. The minimum Gasteiger partial charge on any atom is -0.368 e. The summed E-state index contributed by atoms with van der Waals surface area (Å²) < 4.78 is 0. The third-order valence-corrected chi connectivity index (χ3v) is 4.74. The monoisotopic (exact) mass is 386 g/mol. The van der Waals surface area contributed by atoms with E-state index in [2.05, 4.69) is 15.5 Å². The van der Waals surface area contributed by atoms with E-state index in [0.717, 1.165) is 24.3 Å². The summed E-state index contributed by atoms with van der Waals surface area (Å²) in [7, 11) is 0. The number of piperazine rings is 1. The summed E-state index contributed by atoms with van der Waals surface area (Å²) in [6, 6.07) is 17.0. The fraction of sp³-hybridized carbons (Fsp3) is 0.300. The first-order chi connectivity index (χ1) is 13.1. The van der Waals surface area contributed by atoms with Gasteiger partial charge in [0.2, 0.25) is 5.91 Å². The molecule has 1 aliphatic rings. The van der Waals surface area contributed by atoms with Crippen molar-refractivity contribution in [1.29, 1.82) is 0 Å². The van der Waals surface area contributed by atoms with Gasteiger partial charge in [-0.3, -0.25) is 4.79 Å². The van der Waals surface area contributed by atoms with Crippen LogP contribution < -0.4 is 15.5 Å². The summed E-state index contributed by atoms with van der Waals surface area (Å²) in [6.45, 7) is 3.16. The van der Waals surface area contributed by atoms with Crippen LogP contribution in [-0.2, 0) is 11.3 Å². The lowest BCUT2D eigenvalue weighted by atomic mass is 10.2. The Morgan fingerprint density at radius 1 is 0.926 bits per heavy atom. The van der Waals surface area contributed by atoms with Gasteiger partial charge in [0.15, 0.2) is 0 Å². The molecular formula is C20H23ClN4O2. The van der Waals surface area contributed by atoms with Gasteiger partial charge in [0.1, 0.15) is 0 Å². The molecule has 1 fully saturated rings. The number of amides is 3. The highest BCUT2D eigenvalue weighted by Crippen LogP contribution is 2.20. The molecule has 0 bridgehead atoms. The smallest absolute Gasteiger partial charge is 0.315 e. The molecule has 1 heterocycles. The van der Waals surface area contributed by atoms with Crippen molar-refractivity contribution in [3.05, 3.63) is 65.2 Å². The first-order valence-corrected chi connectivity index (χ1v) is 9.33. The number of carbonyl (C=O) groups is 2. The van der Waals surface area contributed by atoms with E-state index >= 15 is 0 Å². The fourth-order valence-electron chi connectivity index (χ4n) is 3.00. The quantitative estimate of drug-likeness (QED) is 0.829. The zero-order valence-electron chi connectivity index (χ0n) is 15.0. The highest BCUT2D eigenvalue weighted by atomic mass is 35.5. The van der Waals surface area contributed by atoms with Crippen molar-refractivity contribution in [2.24, 2.45) is 0 Å². The van der Waals surface area contributed by atoms with Crippen LogP contribution in [0.1, 0.15) is 5.56 Å². The topological polar surface area (TPSA) is 64.7 Å². The molecule has 0 spiro atoms. The Bertz CT molecular complexity index is 777. The first kappa shape index (κ1) is 19.0. The number of rotatable bonds is 5. The van der Waals surface area contributed by atoms with E-state index in [1.807, 2.05) is 54.6 Å². The van der Waals surface area contributed by atoms with Crippen molar-refractivity contribution < 1.29 is 9.59 Å². The molecular weight excluding hydrogens is 364 g/mol.